The molecular weight excluding hydrogens is 416 g/mol. The summed E-state index contributed by atoms with van der Waals surface area (Å²) in [6, 6.07) is 21.9. The molecule has 164 valence electrons. The lowest BCUT2D eigenvalue weighted by Gasteiger charge is -2.35. The van der Waals surface area contributed by atoms with Gasteiger partial charge >= 0.3 is 0 Å². The lowest BCUT2D eigenvalue weighted by atomic mass is 10.0. The molecule has 1 aliphatic rings. The third-order valence-corrected chi connectivity index (χ3v) is 6.17. The van der Waals surface area contributed by atoms with Crippen LogP contribution in [0.25, 0.3) is 28.0 Å². The smallest absolute Gasteiger partial charge is 0.227 e. The molecule has 0 radical (unpaired) electrons. The standard InChI is InChI=1S/C25H22N6O2/c32-24(17-19-7-3-6-18-5-1-2-8-20(18)19)30-14-12-29(13-15-30)23-11-10-22-26-27-25(31(22)28-23)21-9-4-16-33-21/h1-11,16H,12-15,17H2. The number of carbonyl (C=O) groups excluding carboxylic acids is 1. The molecule has 33 heavy (non-hydrogen) atoms. The van der Waals surface area contributed by atoms with Gasteiger partial charge in [-0.3, -0.25) is 4.79 Å². The number of nitrogens with zero attached hydrogens (tertiary/aromatic N) is 6. The molecule has 0 saturated carbocycles. The molecule has 8 nitrogen and oxygen atoms in total. The minimum atomic E-state index is 0.160. The molecule has 5 aromatic rings. The fourth-order valence-corrected chi connectivity index (χ4v) is 4.41. The number of fused-ring (bicyclic) bond motifs is 2. The predicted molar refractivity (Wildman–Crippen MR) is 125 cm³/mol. The number of amides is 1. The Morgan fingerprint density at radius 2 is 1.73 bits per heavy atom. The number of piperazine rings is 1. The average molecular weight is 438 g/mol. The van der Waals surface area contributed by atoms with Gasteiger partial charge in [-0.05, 0) is 40.6 Å². The highest BCUT2D eigenvalue weighted by atomic mass is 16.3. The lowest BCUT2D eigenvalue weighted by Crippen LogP contribution is -2.49. The van der Waals surface area contributed by atoms with Crippen molar-refractivity contribution in [1.82, 2.24) is 24.7 Å². The molecule has 1 saturated heterocycles. The number of furan rings is 1. The number of carbonyl (C=O) groups is 1. The maximum atomic E-state index is 13.0. The summed E-state index contributed by atoms with van der Waals surface area (Å²) in [5.41, 5.74) is 1.74. The van der Waals surface area contributed by atoms with Gasteiger partial charge in [0.15, 0.2) is 11.4 Å². The van der Waals surface area contributed by atoms with Crippen molar-refractivity contribution in [2.24, 2.45) is 0 Å². The molecule has 8 heteroatoms. The van der Waals surface area contributed by atoms with Gasteiger partial charge in [-0.25, -0.2) is 0 Å². The third kappa shape index (κ3) is 3.59. The van der Waals surface area contributed by atoms with Crippen LogP contribution >= 0.6 is 0 Å². The van der Waals surface area contributed by atoms with E-state index in [4.69, 9.17) is 9.52 Å². The van der Waals surface area contributed by atoms with Crippen molar-refractivity contribution in [2.75, 3.05) is 31.1 Å². The summed E-state index contributed by atoms with van der Waals surface area (Å²) in [6.45, 7) is 2.77. The molecule has 2 aromatic carbocycles. The Kier molecular flexibility index (Phi) is 4.75. The largest absolute Gasteiger partial charge is 0.461 e. The zero-order valence-corrected chi connectivity index (χ0v) is 18.0. The molecule has 0 N–H and O–H groups in total. The van der Waals surface area contributed by atoms with E-state index in [1.54, 1.807) is 10.8 Å². The first-order valence-corrected chi connectivity index (χ1v) is 11.0. The first-order valence-electron chi connectivity index (χ1n) is 11.0. The van der Waals surface area contributed by atoms with E-state index in [9.17, 15) is 4.79 Å². The van der Waals surface area contributed by atoms with Gasteiger partial charge < -0.3 is 14.2 Å². The summed E-state index contributed by atoms with van der Waals surface area (Å²) in [7, 11) is 0. The Morgan fingerprint density at radius 3 is 2.58 bits per heavy atom. The minimum Gasteiger partial charge on any atom is -0.461 e. The predicted octanol–water partition coefficient (Wildman–Crippen LogP) is 3.43. The number of aromatic nitrogens is 4. The zero-order chi connectivity index (χ0) is 22.2. The molecule has 1 amide bonds. The van der Waals surface area contributed by atoms with Crippen LogP contribution in [-0.2, 0) is 11.2 Å². The van der Waals surface area contributed by atoms with Crippen molar-refractivity contribution in [3.63, 3.8) is 0 Å². The molecular formula is C25H22N6O2. The second-order valence-electron chi connectivity index (χ2n) is 8.15. The van der Waals surface area contributed by atoms with Gasteiger partial charge in [0.05, 0.1) is 12.7 Å². The van der Waals surface area contributed by atoms with E-state index < -0.39 is 0 Å². The van der Waals surface area contributed by atoms with Crippen molar-refractivity contribution in [3.05, 3.63) is 78.6 Å². The van der Waals surface area contributed by atoms with Gasteiger partial charge in [0.1, 0.15) is 5.82 Å². The highest BCUT2D eigenvalue weighted by Gasteiger charge is 2.23. The van der Waals surface area contributed by atoms with Crippen molar-refractivity contribution >= 4 is 28.1 Å². The van der Waals surface area contributed by atoms with Crippen LogP contribution in [-0.4, -0.2) is 56.8 Å². The summed E-state index contributed by atoms with van der Waals surface area (Å²) in [4.78, 5) is 17.2. The summed E-state index contributed by atoms with van der Waals surface area (Å²) >= 11 is 0. The number of benzene rings is 2. The van der Waals surface area contributed by atoms with Crippen LogP contribution in [0.4, 0.5) is 5.82 Å². The number of hydrogen-bond donors (Lipinski definition) is 0. The first kappa shape index (κ1) is 19.5. The molecule has 0 spiro atoms. The SMILES string of the molecule is O=C(Cc1cccc2ccccc12)N1CCN(c2ccc3nnc(-c4ccco4)n3n2)CC1. The Balaban J connectivity index is 1.16. The zero-order valence-electron chi connectivity index (χ0n) is 18.0. The van der Waals surface area contributed by atoms with Crippen molar-refractivity contribution < 1.29 is 9.21 Å². The van der Waals surface area contributed by atoms with Gasteiger partial charge in [-0.2, -0.15) is 4.52 Å². The van der Waals surface area contributed by atoms with Crippen molar-refractivity contribution in [3.8, 4) is 11.6 Å². The Bertz CT molecular complexity index is 1430. The molecule has 3 aromatic heterocycles. The number of hydrogen-bond acceptors (Lipinski definition) is 6. The molecule has 1 aliphatic heterocycles. The van der Waals surface area contributed by atoms with Crippen molar-refractivity contribution in [1.29, 1.82) is 0 Å². The van der Waals surface area contributed by atoms with Gasteiger partial charge in [-0.1, -0.05) is 42.5 Å². The summed E-state index contributed by atoms with van der Waals surface area (Å²) in [6.07, 6.45) is 2.02. The fraction of sp³-hybridized carbons (Fsp3) is 0.200. The Hall–Kier alpha value is -4.20. The van der Waals surface area contributed by atoms with Crippen LogP contribution in [0, 0.1) is 0 Å². The van der Waals surface area contributed by atoms with Crippen LogP contribution in [0.1, 0.15) is 5.56 Å². The van der Waals surface area contributed by atoms with Crippen LogP contribution in [0.3, 0.4) is 0 Å². The number of rotatable bonds is 4. The summed E-state index contributed by atoms with van der Waals surface area (Å²) < 4.78 is 7.17. The maximum Gasteiger partial charge on any atom is 0.227 e. The normalized spacial score (nSPS) is 14.3. The van der Waals surface area contributed by atoms with Gasteiger partial charge in [0.25, 0.3) is 0 Å². The van der Waals surface area contributed by atoms with E-state index in [1.165, 1.54) is 0 Å². The van der Waals surface area contributed by atoms with Gasteiger partial charge in [-0.15, -0.1) is 15.3 Å². The van der Waals surface area contributed by atoms with Crippen LogP contribution in [0.5, 0.6) is 0 Å². The van der Waals surface area contributed by atoms with E-state index in [0.29, 0.717) is 36.7 Å². The molecule has 6 rings (SSSR count). The second kappa shape index (κ2) is 8.05. The minimum absolute atomic E-state index is 0.160. The average Bonchev–Trinajstić information content (AvgIpc) is 3.54. The van der Waals surface area contributed by atoms with E-state index in [1.807, 2.05) is 53.4 Å². The quantitative estimate of drug-likeness (QED) is 0.428. The molecule has 0 bridgehead atoms. The highest BCUT2D eigenvalue weighted by Crippen LogP contribution is 2.22. The molecule has 0 aliphatic carbocycles. The van der Waals surface area contributed by atoms with E-state index in [-0.39, 0.29) is 5.91 Å². The summed E-state index contributed by atoms with van der Waals surface area (Å²) in [5, 5.41) is 15.4. The third-order valence-electron chi connectivity index (χ3n) is 6.17. The van der Waals surface area contributed by atoms with Gasteiger partial charge in [0.2, 0.25) is 11.7 Å². The van der Waals surface area contributed by atoms with Crippen LogP contribution in [0.15, 0.2) is 77.4 Å². The lowest BCUT2D eigenvalue weighted by molar-refractivity contribution is -0.130. The monoisotopic (exact) mass is 438 g/mol. The molecule has 0 unspecified atom stereocenters. The molecule has 0 atom stereocenters. The van der Waals surface area contributed by atoms with Gasteiger partial charge in [0, 0.05) is 26.2 Å². The van der Waals surface area contributed by atoms with E-state index >= 15 is 0 Å². The number of anilines is 1. The molecule has 1 fully saturated rings. The van der Waals surface area contributed by atoms with E-state index in [0.717, 1.165) is 35.2 Å². The maximum absolute atomic E-state index is 13.0. The first-order chi connectivity index (χ1) is 16.3. The highest BCUT2D eigenvalue weighted by molar-refractivity contribution is 5.90. The van der Waals surface area contributed by atoms with E-state index in [2.05, 4.69) is 33.3 Å². The fourth-order valence-electron chi connectivity index (χ4n) is 4.41. The topological polar surface area (TPSA) is 79.8 Å². The van der Waals surface area contributed by atoms with Crippen molar-refractivity contribution in [2.45, 2.75) is 6.42 Å². The second-order valence-corrected chi connectivity index (χ2v) is 8.15. The van der Waals surface area contributed by atoms with Crippen LogP contribution in [0.2, 0.25) is 0 Å². The Labute approximate surface area is 190 Å². The van der Waals surface area contributed by atoms with Crippen LogP contribution < -0.4 is 4.90 Å². The Morgan fingerprint density at radius 1 is 0.879 bits per heavy atom. The molecule has 4 heterocycles. The summed E-state index contributed by atoms with van der Waals surface area (Å²) in [5.74, 6) is 2.18.